The van der Waals surface area contributed by atoms with Crippen molar-refractivity contribution in [3.05, 3.63) is 11.3 Å². The van der Waals surface area contributed by atoms with Crippen LogP contribution in [0.15, 0.2) is 16.3 Å². The summed E-state index contributed by atoms with van der Waals surface area (Å²) >= 11 is 0. The van der Waals surface area contributed by atoms with Gasteiger partial charge in [0.1, 0.15) is 5.76 Å². The van der Waals surface area contributed by atoms with Crippen LogP contribution in [-0.2, 0) is 4.79 Å². The second kappa shape index (κ2) is 5.66. The fraction of sp³-hybridized carbons (Fsp3) is 0.636. The molecule has 4 heteroatoms. The lowest BCUT2D eigenvalue weighted by Crippen LogP contribution is -2.15. The molecule has 2 N–H and O–H groups in total. The van der Waals surface area contributed by atoms with E-state index in [0.29, 0.717) is 24.8 Å². The van der Waals surface area contributed by atoms with Gasteiger partial charge in [0, 0.05) is 19.1 Å². The number of hydrogen-bond donors (Lipinski definition) is 2. The Morgan fingerprint density at radius 3 is 2.80 bits per heavy atom. The van der Waals surface area contributed by atoms with Gasteiger partial charge < -0.3 is 10.2 Å². The highest BCUT2D eigenvalue weighted by molar-refractivity contribution is 6.14. The van der Waals surface area contributed by atoms with Crippen LogP contribution in [0.4, 0.5) is 0 Å². The summed E-state index contributed by atoms with van der Waals surface area (Å²) in [7, 11) is 0. The molecule has 15 heavy (non-hydrogen) atoms. The molecule has 0 heterocycles. The third-order valence-corrected chi connectivity index (χ3v) is 2.53. The van der Waals surface area contributed by atoms with E-state index >= 15 is 0 Å². The van der Waals surface area contributed by atoms with E-state index in [-0.39, 0.29) is 24.2 Å². The molecule has 84 valence electrons. The zero-order valence-electron chi connectivity index (χ0n) is 8.94. The van der Waals surface area contributed by atoms with Crippen molar-refractivity contribution in [1.29, 1.82) is 0 Å². The number of allylic oxidation sites excluding steroid dienone is 2. The molecule has 0 aromatic carbocycles. The standard InChI is InChI=1S/C11H17NO3/c1-2-8(7-13)12-6-9-10(14)4-3-5-11(9)15/h6,8,13-14H,2-5,7H2,1H3. The maximum atomic E-state index is 11.4. The topological polar surface area (TPSA) is 69.9 Å². The van der Waals surface area contributed by atoms with Crippen LogP contribution in [0.2, 0.25) is 0 Å². The summed E-state index contributed by atoms with van der Waals surface area (Å²) in [6.07, 6.45) is 3.85. The molecule has 0 amide bonds. The first-order valence-electron chi connectivity index (χ1n) is 5.28. The molecule has 0 bridgehead atoms. The number of Topliss-reactive ketones (excluding diaryl/α,β-unsaturated/α-hetero) is 1. The molecule has 1 atom stereocenters. The molecule has 0 aliphatic heterocycles. The van der Waals surface area contributed by atoms with Crippen LogP contribution in [-0.4, -0.2) is 34.9 Å². The molecule has 0 saturated carbocycles. The number of carbonyl (C=O) groups excluding carboxylic acids is 1. The van der Waals surface area contributed by atoms with E-state index in [4.69, 9.17) is 5.11 Å². The van der Waals surface area contributed by atoms with Crippen molar-refractivity contribution >= 4 is 12.0 Å². The molecule has 0 fully saturated rings. The predicted octanol–water partition coefficient (Wildman–Crippen LogP) is 1.39. The van der Waals surface area contributed by atoms with Gasteiger partial charge in [-0.15, -0.1) is 0 Å². The largest absolute Gasteiger partial charge is 0.512 e. The van der Waals surface area contributed by atoms with E-state index in [1.165, 1.54) is 6.21 Å². The number of hydrogen-bond acceptors (Lipinski definition) is 4. The van der Waals surface area contributed by atoms with Gasteiger partial charge in [-0.1, -0.05) is 6.92 Å². The molecular formula is C11H17NO3. The van der Waals surface area contributed by atoms with Gasteiger partial charge in [0.05, 0.1) is 18.2 Å². The fourth-order valence-corrected chi connectivity index (χ4v) is 1.45. The van der Waals surface area contributed by atoms with Crippen LogP contribution in [0, 0.1) is 0 Å². The van der Waals surface area contributed by atoms with Gasteiger partial charge in [-0.2, -0.15) is 0 Å². The number of ketones is 1. The van der Waals surface area contributed by atoms with E-state index in [0.717, 1.165) is 6.42 Å². The molecule has 1 aliphatic rings. The number of carbonyl (C=O) groups is 1. The predicted molar refractivity (Wildman–Crippen MR) is 58.2 cm³/mol. The quantitative estimate of drug-likeness (QED) is 0.690. The fourth-order valence-electron chi connectivity index (χ4n) is 1.45. The number of aliphatic imine (C=N–C) groups is 1. The van der Waals surface area contributed by atoms with Crippen molar-refractivity contribution in [2.24, 2.45) is 4.99 Å². The Hall–Kier alpha value is -1.16. The molecule has 0 spiro atoms. The number of rotatable bonds is 4. The summed E-state index contributed by atoms with van der Waals surface area (Å²) in [5.41, 5.74) is 0.313. The molecule has 0 aromatic heterocycles. The smallest absolute Gasteiger partial charge is 0.167 e. The maximum absolute atomic E-state index is 11.4. The highest BCUT2D eigenvalue weighted by atomic mass is 16.3. The Morgan fingerprint density at radius 1 is 1.53 bits per heavy atom. The van der Waals surface area contributed by atoms with Gasteiger partial charge in [-0.25, -0.2) is 0 Å². The summed E-state index contributed by atoms with van der Waals surface area (Å²) in [5.74, 6) is 0.0677. The van der Waals surface area contributed by atoms with Crippen LogP contribution in [0.3, 0.4) is 0 Å². The zero-order valence-corrected chi connectivity index (χ0v) is 8.94. The molecule has 0 saturated heterocycles. The van der Waals surface area contributed by atoms with Crippen molar-refractivity contribution in [1.82, 2.24) is 0 Å². The lowest BCUT2D eigenvalue weighted by molar-refractivity contribution is -0.115. The summed E-state index contributed by atoms with van der Waals surface area (Å²) in [5, 5.41) is 18.4. The van der Waals surface area contributed by atoms with Crippen LogP contribution < -0.4 is 0 Å². The molecule has 1 unspecified atom stereocenters. The SMILES string of the molecule is CCC(CO)N=CC1=C(O)CCCC1=O. The second-order valence-electron chi connectivity index (χ2n) is 3.66. The van der Waals surface area contributed by atoms with E-state index in [9.17, 15) is 9.90 Å². The molecule has 0 radical (unpaired) electrons. The average molecular weight is 211 g/mol. The number of nitrogens with zero attached hydrogens (tertiary/aromatic N) is 1. The van der Waals surface area contributed by atoms with Gasteiger partial charge in [0.15, 0.2) is 5.78 Å². The lowest BCUT2D eigenvalue weighted by atomic mass is 9.97. The molecule has 1 rings (SSSR count). The van der Waals surface area contributed by atoms with Crippen molar-refractivity contribution in [3.8, 4) is 0 Å². The van der Waals surface area contributed by atoms with Gasteiger partial charge in [-0.3, -0.25) is 9.79 Å². The lowest BCUT2D eigenvalue weighted by Gasteiger charge is -2.12. The molecule has 4 nitrogen and oxygen atoms in total. The Kier molecular flexibility index (Phi) is 4.49. The van der Waals surface area contributed by atoms with E-state index in [1.54, 1.807) is 0 Å². The Bertz CT molecular complexity index is 290. The molecular weight excluding hydrogens is 194 g/mol. The number of aliphatic hydroxyl groups excluding tert-OH is 2. The van der Waals surface area contributed by atoms with E-state index < -0.39 is 0 Å². The third-order valence-electron chi connectivity index (χ3n) is 2.53. The molecule has 0 aromatic rings. The summed E-state index contributed by atoms with van der Waals surface area (Å²) in [4.78, 5) is 15.5. The summed E-state index contributed by atoms with van der Waals surface area (Å²) in [6, 6.07) is -0.181. The minimum atomic E-state index is -0.181. The van der Waals surface area contributed by atoms with Crippen LogP contribution in [0.1, 0.15) is 32.6 Å². The minimum absolute atomic E-state index is 0.0325. The van der Waals surface area contributed by atoms with E-state index in [2.05, 4.69) is 4.99 Å². The first-order chi connectivity index (χ1) is 7.19. The van der Waals surface area contributed by atoms with Gasteiger partial charge in [-0.05, 0) is 12.8 Å². The maximum Gasteiger partial charge on any atom is 0.167 e. The van der Waals surface area contributed by atoms with Crippen molar-refractivity contribution in [2.45, 2.75) is 38.6 Å². The normalized spacial score (nSPS) is 20.0. The number of aliphatic hydroxyl groups is 2. The van der Waals surface area contributed by atoms with Crippen molar-refractivity contribution < 1.29 is 15.0 Å². The van der Waals surface area contributed by atoms with Gasteiger partial charge in [0.2, 0.25) is 0 Å². The first-order valence-corrected chi connectivity index (χ1v) is 5.28. The van der Waals surface area contributed by atoms with Crippen LogP contribution in [0.25, 0.3) is 0 Å². The zero-order chi connectivity index (χ0) is 11.3. The summed E-state index contributed by atoms with van der Waals surface area (Å²) in [6.45, 7) is 1.88. The first kappa shape index (κ1) is 11.9. The third kappa shape index (κ3) is 3.16. The van der Waals surface area contributed by atoms with Crippen LogP contribution >= 0.6 is 0 Å². The van der Waals surface area contributed by atoms with Crippen LogP contribution in [0.5, 0.6) is 0 Å². The van der Waals surface area contributed by atoms with E-state index in [1.807, 2.05) is 6.92 Å². The Balaban J connectivity index is 2.74. The van der Waals surface area contributed by atoms with Gasteiger partial charge >= 0.3 is 0 Å². The highest BCUT2D eigenvalue weighted by Gasteiger charge is 2.18. The van der Waals surface area contributed by atoms with Crippen molar-refractivity contribution in [2.75, 3.05) is 6.61 Å². The summed E-state index contributed by atoms with van der Waals surface area (Å²) < 4.78 is 0. The minimum Gasteiger partial charge on any atom is -0.512 e. The second-order valence-corrected chi connectivity index (χ2v) is 3.66. The highest BCUT2D eigenvalue weighted by Crippen LogP contribution is 2.18. The molecule has 1 aliphatic carbocycles. The monoisotopic (exact) mass is 211 g/mol. The van der Waals surface area contributed by atoms with Crippen molar-refractivity contribution in [3.63, 3.8) is 0 Å². The Labute approximate surface area is 89.3 Å². The Morgan fingerprint density at radius 2 is 2.27 bits per heavy atom. The average Bonchev–Trinajstić information content (AvgIpc) is 2.23. The van der Waals surface area contributed by atoms with Gasteiger partial charge in [0.25, 0.3) is 0 Å².